The number of hydrogen-bond donors (Lipinski definition) is 2. The van der Waals surface area contributed by atoms with Crippen molar-refractivity contribution in [2.75, 3.05) is 17.2 Å². The molecule has 2 nitrogen and oxygen atoms in total. The molecule has 1 aromatic carbocycles. The second-order valence-electron chi connectivity index (χ2n) is 3.24. The Balaban J connectivity index is 2.24. The van der Waals surface area contributed by atoms with E-state index >= 15 is 0 Å². The smallest absolute Gasteiger partial charge is 0.116 e. The number of rotatable bonds is 1. The summed E-state index contributed by atoms with van der Waals surface area (Å²) in [6, 6.07) is 5.20. The van der Waals surface area contributed by atoms with Gasteiger partial charge in [0.05, 0.1) is 4.58 Å². The average Bonchev–Trinajstić information content (AvgIpc) is 2.23. The van der Waals surface area contributed by atoms with E-state index in [-0.39, 0.29) is 0 Å². The van der Waals surface area contributed by atoms with Gasteiger partial charge < -0.3 is 10.8 Å². The molecular formula is C10H13NOS2. The van der Waals surface area contributed by atoms with Gasteiger partial charge in [0.15, 0.2) is 0 Å². The number of thioether (sulfide) groups is 2. The van der Waals surface area contributed by atoms with Crippen molar-refractivity contribution in [1.82, 2.24) is 0 Å². The van der Waals surface area contributed by atoms with Crippen LogP contribution >= 0.6 is 23.5 Å². The van der Waals surface area contributed by atoms with Crippen LogP contribution in [0.5, 0.6) is 5.75 Å². The fourth-order valence-corrected chi connectivity index (χ4v) is 4.40. The highest BCUT2D eigenvalue weighted by Crippen LogP contribution is 2.46. The van der Waals surface area contributed by atoms with Gasteiger partial charge in [-0.3, -0.25) is 0 Å². The van der Waals surface area contributed by atoms with Gasteiger partial charge in [0.1, 0.15) is 5.75 Å². The molecule has 2 rings (SSSR count). The molecule has 0 spiro atoms. The number of phenolic OH excluding ortho intramolecular Hbond substituents is 1. The van der Waals surface area contributed by atoms with Gasteiger partial charge in [-0.05, 0) is 36.1 Å². The number of phenols is 1. The Kier molecular flexibility index (Phi) is 3.13. The second kappa shape index (κ2) is 4.36. The van der Waals surface area contributed by atoms with Crippen LogP contribution in [0.2, 0.25) is 0 Å². The van der Waals surface area contributed by atoms with Crippen molar-refractivity contribution >= 4 is 29.2 Å². The molecule has 0 bridgehead atoms. The van der Waals surface area contributed by atoms with Gasteiger partial charge in [-0.2, -0.15) is 0 Å². The standard InChI is InChI=1S/C10H13NOS2/c11-9-3-2-7(12)6-8(9)10-13-4-1-5-14-10/h2-3,6,10,12H,1,4-5,11H2. The zero-order chi connectivity index (χ0) is 9.97. The Hall–Kier alpha value is -0.480. The highest BCUT2D eigenvalue weighted by molar-refractivity contribution is 8.16. The first-order valence-electron chi connectivity index (χ1n) is 4.59. The van der Waals surface area contributed by atoms with Crippen LogP contribution in [0, 0.1) is 0 Å². The predicted octanol–water partition coefficient (Wildman–Crippen LogP) is 2.84. The van der Waals surface area contributed by atoms with Crippen LogP contribution < -0.4 is 5.73 Å². The minimum absolute atomic E-state index is 0.306. The summed E-state index contributed by atoms with van der Waals surface area (Å²) < 4.78 is 0.399. The molecule has 14 heavy (non-hydrogen) atoms. The van der Waals surface area contributed by atoms with Gasteiger partial charge in [0, 0.05) is 11.3 Å². The fraction of sp³-hybridized carbons (Fsp3) is 0.400. The highest BCUT2D eigenvalue weighted by atomic mass is 32.2. The topological polar surface area (TPSA) is 46.2 Å². The van der Waals surface area contributed by atoms with Crippen LogP contribution in [0.1, 0.15) is 16.6 Å². The Morgan fingerprint density at radius 2 is 2.00 bits per heavy atom. The molecule has 0 aromatic heterocycles. The molecule has 1 fully saturated rings. The summed E-state index contributed by atoms with van der Waals surface area (Å²) >= 11 is 3.82. The van der Waals surface area contributed by atoms with Crippen LogP contribution in [0.3, 0.4) is 0 Å². The third kappa shape index (κ3) is 2.12. The number of aromatic hydroxyl groups is 1. The van der Waals surface area contributed by atoms with E-state index in [1.807, 2.05) is 23.5 Å². The Morgan fingerprint density at radius 1 is 1.29 bits per heavy atom. The van der Waals surface area contributed by atoms with E-state index in [0.717, 1.165) is 11.3 Å². The molecule has 0 aliphatic carbocycles. The molecule has 0 unspecified atom stereocenters. The van der Waals surface area contributed by atoms with Gasteiger partial charge >= 0.3 is 0 Å². The van der Waals surface area contributed by atoms with Gasteiger partial charge in [-0.25, -0.2) is 0 Å². The highest BCUT2D eigenvalue weighted by Gasteiger charge is 2.18. The van der Waals surface area contributed by atoms with Gasteiger partial charge in [-0.1, -0.05) is 0 Å². The van der Waals surface area contributed by atoms with Gasteiger partial charge in [0.25, 0.3) is 0 Å². The lowest BCUT2D eigenvalue weighted by Gasteiger charge is -2.22. The Morgan fingerprint density at radius 3 is 2.71 bits per heavy atom. The first kappa shape index (κ1) is 10.1. The maximum atomic E-state index is 9.39. The zero-order valence-electron chi connectivity index (χ0n) is 7.77. The molecular weight excluding hydrogens is 214 g/mol. The molecule has 76 valence electrons. The summed E-state index contributed by atoms with van der Waals surface area (Å²) in [6.07, 6.45) is 1.27. The minimum atomic E-state index is 0.306. The van der Waals surface area contributed by atoms with Gasteiger partial charge in [-0.15, -0.1) is 23.5 Å². The van der Waals surface area contributed by atoms with E-state index in [9.17, 15) is 5.11 Å². The summed E-state index contributed by atoms with van der Waals surface area (Å²) in [5, 5.41) is 9.39. The number of benzene rings is 1. The molecule has 1 aliphatic heterocycles. The molecule has 1 heterocycles. The second-order valence-corrected chi connectivity index (χ2v) is 5.96. The first-order chi connectivity index (χ1) is 6.77. The van der Waals surface area contributed by atoms with Crippen molar-refractivity contribution in [3.8, 4) is 5.75 Å². The molecule has 1 aromatic rings. The van der Waals surface area contributed by atoms with Crippen molar-refractivity contribution in [2.45, 2.75) is 11.0 Å². The van der Waals surface area contributed by atoms with Crippen molar-refractivity contribution in [3.63, 3.8) is 0 Å². The molecule has 0 saturated carbocycles. The lowest BCUT2D eigenvalue weighted by Crippen LogP contribution is -2.03. The first-order valence-corrected chi connectivity index (χ1v) is 6.69. The Labute approximate surface area is 92.3 Å². The van der Waals surface area contributed by atoms with Crippen molar-refractivity contribution in [1.29, 1.82) is 0 Å². The summed E-state index contributed by atoms with van der Waals surface area (Å²) in [6.45, 7) is 0. The molecule has 0 atom stereocenters. The predicted molar refractivity (Wildman–Crippen MR) is 64.8 cm³/mol. The number of anilines is 1. The minimum Gasteiger partial charge on any atom is -0.508 e. The normalized spacial score (nSPS) is 18.3. The Bertz CT molecular complexity index is 324. The molecule has 0 radical (unpaired) electrons. The zero-order valence-corrected chi connectivity index (χ0v) is 9.40. The summed E-state index contributed by atoms with van der Waals surface area (Å²) in [4.78, 5) is 0. The van der Waals surface area contributed by atoms with Crippen LogP contribution in [-0.2, 0) is 0 Å². The van der Waals surface area contributed by atoms with Crippen LogP contribution in [0.4, 0.5) is 5.69 Å². The lowest BCUT2D eigenvalue weighted by molar-refractivity contribution is 0.475. The van der Waals surface area contributed by atoms with Crippen molar-refractivity contribution in [2.24, 2.45) is 0 Å². The monoisotopic (exact) mass is 227 g/mol. The van der Waals surface area contributed by atoms with Crippen LogP contribution in [0.25, 0.3) is 0 Å². The van der Waals surface area contributed by atoms with Crippen LogP contribution in [0.15, 0.2) is 18.2 Å². The quantitative estimate of drug-likeness (QED) is 0.572. The van der Waals surface area contributed by atoms with E-state index in [4.69, 9.17) is 5.73 Å². The summed E-state index contributed by atoms with van der Waals surface area (Å²) in [7, 11) is 0. The number of nitrogens with two attached hydrogens (primary N) is 1. The SMILES string of the molecule is Nc1ccc(O)cc1C1SCCCS1. The van der Waals surface area contributed by atoms with Crippen molar-refractivity contribution in [3.05, 3.63) is 23.8 Å². The maximum Gasteiger partial charge on any atom is 0.116 e. The molecule has 1 aliphatic rings. The molecule has 3 N–H and O–H groups in total. The average molecular weight is 227 g/mol. The van der Waals surface area contributed by atoms with Crippen LogP contribution in [-0.4, -0.2) is 16.6 Å². The number of nitrogen functional groups attached to an aromatic ring is 1. The third-order valence-corrected chi connectivity index (χ3v) is 5.13. The maximum absolute atomic E-state index is 9.39. The van der Waals surface area contributed by atoms with E-state index < -0.39 is 0 Å². The van der Waals surface area contributed by atoms with E-state index in [1.54, 1.807) is 18.2 Å². The van der Waals surface area contributed by atoms with E-state index in [1.165, 1.54) is 17.9 Å². The molecule has 1 saturated heterocycles. The molecule has 0 amide bonds. The largest absolute Gasteiger partial charge is 0.508 e. The van der Waals surface area contributed by atoms with E-state index in [0.29, 0.717) is 10.3 Å². The fourth-order valence-electron chi connectivity index (χ4n) is 1.43. The summed E-state index contributed by atoms with van der Waals surface area (Å²) in [5.74, 6) is 2.68. The van der Waals surface area contributed by atoms with Crippen molar-refractivity contribution < 1.29 is 5.11 Å². The summed E-state index contributed by atoms with van der Waals surface area (Å²) in [5.41, 5.74) is 7.74. The third-order valence-electron chi connectivity index (χ3n) is 2.15. The van der Waals surface area contributed by atoms with Gasteiger partial charge in [0.2, 0.25) is 0 Å². The lowest BCUT2D eigenvalue weighted by atomic mass is 10.2. The van der Waals surface area contributed by atoms with E-state index in [2.05, 4.69) is 0 Å². The molecule has 4 heteroatoms. The number of hydrogen-bond acceptors (Lipinski definition) is 4.